The summed E-state index contributed by atoms with van der Waals surface area (Å²) in [5, 5.41) is 8.18. The Hall–Kier alpha value is -2.82. The number of sulfonamides is 1. The standard InChI is InChI=1S/C18H18N4O4S2/c1-2-22-17(24)14-8-5-12(9-15(14)21-18(22)27)16(23)20-13-6-3-11(4-7-13)10-28(19,25)26/h3-9H,2,10H2,1H3,(H,20,23)(H,21,27)(H2,19,25,26). The number of aromatic amines is 1. The molecule has 0 spiro atoms. The van der Waals surface area contributed by atoms with Gasteiger partial charge in [-0.3, -0.25) is 14.2 Å². The van der Waals surface area contributed by atoms with Gasteiger partial charge in [0.15, 0.2) is 4.77 Å². The number of H-pyrrole nitrogens is 1. The molecular weight excluding hydrogens is 400 g/mol. The van der Waals surface area contributed by atoms with Crippen LogP contribution in [-0.4, -0.2) is 23.9 Å². The van der Waals surface area contributed by atoms with Gasteiger partial charge in [-0.2, -0.15) is 0 Å². The van der Waals surface area contributed by atoms with E-state index in [-0.39, 0.29) is 17.2 Å². The maximum absolute atomic E-state index is 12.5. The Kier molecular flexibility index (Phi) is 5.45. The second-order valence-corrected chi connectivity index (χ2v) is 8.20. The maximum atomic E-state index is 12.5. The number of hydrogen-bond acceptors (Lipinski definition) is 5. The first-order chi connectivity index (χ1) is 13.2. The van der Waals surface area contributed by atoms with Crippen molar-refractivity contribution < 1.29 is 13.2 Å². The molecule has 0 aliphatic heterocycles. The van der Waals surface area contributed by atoms with Gasteiger partial charge in [-0.15, -0.1) is 0 Å². The number of carbonyl (C=O) groups is 1. The fourth-order valence-corrected chi connectivity index (χ4v) is 3.78. The van der Waals surface area contributed by atoms with E-state index in [1.54, 1.807) is 42.5 Å². The molecule has 1 aromatic heterocycles. The van der Waals surface area contributed by atoms with Gasteiger partial charge in [-0.1, -0.05) is 12.1 Å². The molecular formula is C18H18N4O4S2. The van der Waals surface area contributed by atoms with Crippen LogP contribution in [0.25, 0.3) is 10.9 Å². The summed E-state index contributed by atoms with van der Waals surface area (Å²) in [4.78, 5) is 27.9. The Labute approximate surface area is 166 Å². The third-order valence-electron chi connectivity index (χ3n) is 4.14. The van der Waals surface area contributed by atoms with Crippen LogP contribution in [0.15, 0.2) is 47.3 Å². The third kappa shape index (κ3) is 4.35. The average molecular weight is 419 g/mol. The zero-order chi connectivity index (χ0) is 20.5. The van der Waals surface area contributed by atoms with E-state index >= 15 is 0 Å². The number of nitrogens with zero attached hydrogens (tertiary/aromatic N) is 1. The first-order valence-electron chi connectivity index (χ1n) is 8.35. The number of anilines is 1. The first-order valence-corrected chi connectivity index (χ1v) is 10.5. The fraction of sp³-hybridized carbons (Fsp3) is 0.167. The van der Waals surface area contributed by atoms with Crippen LogP contribution in [0.1, 0.15) is 22.8 Å². The number of fused-ring (bicyclic) bond motifs is 1. The van der Waals surface area contributed by atoms with Crippen LogP contribution in [0, 0.1) is 4.77 Å². The minimum Gasteiger partial charge on any atom is -0.332 e. The van der Waals surface area contributed by atoms with E-state index in [9.17, 15) is 18.0 Å². The Bertz CT molecular complexity index is 1280. The van der Waals surface area contributed by atoms with Crippen molar-refractivity contribution >= 4 is 44.7 Å². The lowest BCUT2D eigenvalue weighted by atomic mass is 10.1. The summed E-state index contributed by atoms with van der Waals surface area (Å²) < 4.78 is 24.0. The molecule has 0 saturated heterocycles. The summed E-state index contributed by atoms with van der Waals surface area (Å²) in [5.41, 5.74) is 1.64. The van der Waals surface area contributed by atoms with Gasteiger partial charge in [-0.25, -0.2) is 13.6 Å². The SMILES string of the molecule is CCn1c(=S)[nH]c2cc(C(=O)Nc3ccc(CS(N)(=O)=O)cc3)ccc2c1=O. The van der Waals surface area contributed by atoms with Crippen molar-refractivity contribution in [1.29, 1.82) is 0 Å². The molecule has 146 valence electrons. The molecule has 0 fully saturated rings. The lowest BCUT2D eigenvalue weighted by Crippen LogP contribution is -2.21. The van der Waals surface area contributed by atoms with E-state index in [1.165, 1.54) is 4.57 Å². The van der Waals surface area contributed by atoms with Crippen molar-refractivity contribution in [1.82, 2.24) is 9.55 Å². The minimum atomic E-state index is -3.62. The highest BCUT2D eigenvalue weighted by atomic mass is 32.2. The van der Waals surface area contributed by atoms with Crippen LogP contribution in [-0.2, 0) is 22.3 Å². The number of nitrogens with one attached hydrogen (secondary N) is 2. The van der Waals surface area contributed by atoms with Crippen molar-refractivity contribution in [2.24, 2.45) is 5.14 Å². The van der Waals surface area contributed by atoms with Gasteiger partial charge in [-0.05, 0) is 55.0 Å². The predicted octanol–water partition coefficient (Wildman–Crippen LogP) is 2.12. The van der Waals surface area contributed by atoms with Crippen molar-refractivity contribution in [3.8, 4) is 0 Å². The van der Waals surface area contributed by atoms with Crippen molar-refractivity contribution in [3.05, 3.63) is 68.7 Å². The summed E-state index contributed by atoms with van der Waals surface area (Å²) in [5.74, 6) is -0.652. The van der Waals surface area contributed by atoms with Crippen LogP contribution in [0.3, 0.4) is 0 Å². The van der Waals surface area contributed by atoms with Gasteiger partial charge in [0.25, 0.3) is 11.5 Å². The molecule has 3 aromatic rings. The Balaban J connectivity index is 1.85. The Morgan fingerprint density at radius 3 is 2.50 bits per heavy atom. The van der Waals surface area contributed by atoms with Crippen LogP contribution < -0.4 is 16.0 Å². The van der Waals surface area contributed by atoms with Gasteiger partial charge < -0.3 is 10.3 Å². The summed E-state index contributed by atoms with van der Waals surface area (Å²) in [6.07, 6.45) is 0. The lowest BCUT2D eigenvalue weighted by Gasteiger charge is -2.09. The van der Waals surface area contributed by atoms with E-state index in [2.05, 4.69) is 10.3 Å². The van der Waals surface area contributed by atoms with Gasteiger partial charge in [0.05, 0.1) is 16.7 Å². The quantitative estimate of drug-likeness (QED) is 0.547. The highest BCUT2D eigenvalue weighted by molar-refractivity contribution is 7.88. The second kappa shape index (κ2) is 7.66. The number of aromatic nitrogens is 2. The van der Waals surface area contributed by atoms with Crippen molar-refractivity contribution in [2.75, 3.05) is 5.32 Å². The monoisotopic (exact) mass is 418 g/mol. The largest absolute Gasteiger partial charge is 0.332 e. The van der Waals surface area contributed by atoms with E-state index in [0.29, 0.717) is 39.0 Å². The second-order valence-electron chi connectivity index (χ2n) is 6.20. The third-order valence-corrected chi connectivity index (χ3v) is 5.20. The van der Waals surface area contributed by atoms with E-state index < -0.39 is 10.0 Å². The van der Waals surface area contributed by atoms with Crippen LogP contribution >= 0.6 is 12.2 Å². The molecule has 0 unspecified atom stereocenters. The molecule has 0 saturated carbocycles. The summed E-state index contributed by atoms with van der Waals surface area (Å²) >= 11 is 5.18. The van der Waals surface area contributed by atoms with Crippen molar-refractivity contribution in [2.45, 2.75) is 19.2 Å². The lowest BCUT2D eigenvalue weighted by molar-refractivity contribution is 0.102. The van der Waals surface area contributed by atoms with Gasteiger partial charge in [0.1, 0.15) is 0 Å². The Morgan fingerprint density at radius 2 is 1.89 bits per heavy atom. The summed E-state index contributed by atoms with van der Waals surface area (Å²) in [7, 11) is -3.62. The van der Waals surface area contributed by atoms with Crippen LogP contribution in [0.5, 0.6) is 0 Å². The summed E-state index contributed by atoms with van der Waals surface area (Å²) in [6, 6.07) is 11.0. The van der Waals surface area contributed by atoms with Gasteiger partial charge in [0, 0.05) is 17.8 Å². The minimum absolute atomic E-state index is 0.210. The van der Waals surface area contributed by atoms with Crippen LogP contribution in [0.4, 0.5) is 5.69 Å². The maximum Gasteiger partial charge on any atom is 0.262 e. The fourth-order valence-electron chi connectivity index (χ4n) is 2.80. The first kappa shape index (κ1) is 19.9. The van der Waals surface area contributed by atoms with Crippen molar-refractivity contribution in [3.63, 3.8) is 0 Å². The zero-order valence-corrected chi connectivity index (χ0v) is 16.6. The number of carbonyl (C=O) groups excluding carboxylic acids is 1. The highest BCUT2D eigenvalue weighted by Crippen LogP contribution is 2.15. The van der Waals surface area contributed by atoms with E-state index in [1.807, 2.05) is 6.92 Å². The molecule has 0 aliphatic rings. The molecule has 10 heteroatoms. The molecule has 28 heavy (non-hydrogen) atoms. The Morgan fingerprint density at radius 1 is 1.21 bits per heavy atom. The van der Waals surface area contributed by atoms with E-state index in [0.717, 1.165) is 0 Å². The smallest absolute Gasteiger partial charge is 0.262 e. The molecule has 8 nitrogen and oxygen atoms in total. The molecule has 0 radical (unpaired) electrons. The zero-order valence-electron chi connectivity index (χ0n) is 14.9. The molecule has 0 aliphatic carbocycles. The topological polar surface area (TPSA) is 127 Å². The molecule has 3 rings (SSSR count). The van der Waals surface area contributed by atoms with Crippen LogP contribution in [0.2, 0.25) is 0 Å². The molecule has 1 amide bonds. The molecule has 0 bridgehead atoms. The average Bonchev–Trinajstić information content (AvgIpc) is 2.62. The number of amides is 1. The summed E-state index contributed by atoms with van der Waals surface area (Å²) in [6.45, 7) is 2.28. The molecule has 0 atom stereocenters. The highest BCUT2D eigenvalue weighted by Gasteiger charge is 2.11. The normalized spacial score (nSPS) is 11.5. The number of primary sulfonamides is 1. The molecule has 2 aromatic carbocycles. The number of rotatable bonds is 5. The van der Waals surface area contributed by atoms with E-state index in [4.69, 9.17) is 17.4 Å². The number of benzene rings is 2. The number of hydrogen-bond donors (Lipinski definition) is 3. The predicted molar refractivity (Wildman–Crippen MR) is 110 cm³/mol. The number of nitrogens with two attached hydrogens (primary N) is 1. The molecule has 4 N–H and O–H groups in total. The van der Waals surface area contributed by atoms with Gasteiger partial charge >= 0.3 is 0 Å². The van der Waals surface area contributed by atoms with Gasteiger partial charge in [0.2, 0.25) is 10.0 Å². The molecule has 1 heterocycles.